The standard InChI is InChI=1S/C18H15FN2O4/c1-24-15-8-12(19)14(9-16(15)25-2)21-18(23)11-7-17(22)20-13-6-4-3-5-10(11)13/h3-9H,1-2H3,(H,20,22)(H,21,23). The minimum absolute atomic E-state index is 0.0768. The van der Waals surface area contributed by atoms with Crippen LogP contribution in [0.25, 0.3) is 10.9 Å². The molecular formula is C18H15FN2O4. The summed E-state index contributed by atoms with van der Waals surface area (Å²) in [6.45, 7) is 0. The van der Waals surface area contributed by atoms with Gasteiger partial charge in [0.05, 0.1) is 25.5 Å². The van der Waals surface area contributed by atoms with E-state index in [0.29, 0.717) is 10.9 Å². The van der Waals surface area contributed by atoms with Gasteiger partial charge >= 0.3 is 0 Å². The van der Waals surface area contributed by atoms with Gasteiger partial charge in [0.1, 0.15) is 0 Å². The Balaban J connectivity index is 2.03. The van der Waals surface area contributed by atoms with Gasteiger partial charge in [0, 0.05) is 29.1 Å². The van der Waals surface area contributed by atoms with Crippen molar-refractivity contribution in [1.82, 2.24) is 4.98 Å². The number of nitrogens with one attached hydrogen (secondary N) is 2. The van der Waals surface area contributed by atoms with Crippen LogP contribution in [0.3, 0.4) is 0 Å². The molecule has 0 spiro atoms. The number of methoxy groups -OCH3 is 2. The first-order chi connectivity index (χ1) is 12.0. The normalized spacial score (nSPS) is 10.5. The fourth-order valence-electron chi connectivity index (χ4n) is 2.53. The van der Waals surface area contributed by atoms with Gasteiger partial charge in [0.2, 0.25) is 5.56 Å². The summed E-state index contributed by atoms with van der Waals surface area (Å²) in [5.41, 5.74) is 0.171. The topological polar surface area (TPSA) is 80.4 Å². The van der Waals surface area contributed by atoms with E-state index >= 15 is 0 Å². The van der Waals surface area contributed by atoms with E-state index in [1.54, 1.807) is 24.3 Å². The first kappa shape index (κ1) is 16.5. The summed E-state index contributed by atoms with van der Waals surface area (Å²) in [5, 5.41) is 3.03. The summed E-state index contributed by atoms with van der Waals surface area (Å²) >= 11 is 0. The van der Waals surface area contributed by atoms with Crippen LogP contribution < -0.4 is 20.3 Å². The summed E-state index contributed by atoms with van der Waals surface area (Å²) < 4.78 is 24.3. The molecule has 2 aromatic carbocycles. The Morgan fingerprint density at radius 2 is 1.76 bits per heavy atom. The van der Waals surface area contributed by atoms with Crippen molar-refractivity contribution in [3.05, 3.63) is 64.2 Å². The second-order valence-electron chi connectivity index (χ2n) is 5.23. The predicted octanol–water partition coefficient (Wildman–Crippen LogP) is 2.94. The van der Waals surface area contributed by atoms with Gasteiger partial charge in [-0.1, -0.05) is 18.2 Å². The number of H-pyrrole nitrogens is 1. The minimum atomic E-state index is -0.680. The quantitative estimate of drug-likeness (QED) is 0.764. The number of carbonyl (C=O) groups excluding carboxylic acids is 1. The molecule has 0 aliphatic heterocycles. The third-order valence-electron chi connectivity index (χ3n) is 3.72. The molecule has 1 amide bonds. The number of fused-ring (bicyclic) bond motifs is 1. The van der Waals surface area contributed by atoms with Gasteiger partial charge in [0.15, 0.2) is 17.3 Å². The average Bonchev–Trinajstić information content (AvgIpc) is 2.62. The molecule has 0 saturated carbocycles. The number of pyridine rings is 1. The van der Waals surface area contributed by atoms with Crippen LogP contribution in [-0.2, 0) is 0 Å². The van der Waals surface area contributed by atoms with Crippen LogP contribution in [0.1, 0.15) is 10.4 Å². The molecule has 6 nitrogen and oxygen atoms in total. The summed E-state index contributed by atoms with van der Waals surface area (Å²) in [6, 6.07) is 10.5. The molecule has 1 heterocycles. The smallest absolute Gasteiger partial charge is 0.256 e. The van der Waals surface area contributed by atoms with Crippen LogP contribution in [0.2, 0.25) is 0 Å². The van der Waals surface area contributed by atoms with Crippen molar-refractivity contribution in [3.63, 3.8) is 0 Å². The van der Waals surface area contributed by atoms with E-state index < -0.39 is 17.3 Å². The third-order valence-corrected chi connectivity index (χ3v) is 3.72. The zero-order valence-electron chi connectivity index (χ0n) is 13.6. The Morgan fingerprint density at radius 3 is 2.48 bits per heavy atom. The first-order valence-electron chi connectivity index (χ1n) is 7.38. The van der Waals surface area contributed by atoms with Crippen LogP contribution in [0.15, 0.2) is 47.3 Å². The number of anilines is 1. The summed E-state index contributed by atoms with van der Waals surface area (Å²) in [4.78, 5) is 27.0. The van der Waals surface area contributed by atoms with E-state index in [2.05, 4.69) is 10.3 Å². The second kappa shape index (κ2) is 6.64. The number of amides is 1. The number of aromatic amines is 1. The lowest BCUT2D eigenvalue weighted by Crippen LogP contribution is -2.17. The van der Waals surface area contributed by atoms with Gasteiger partial charge in [-0.2, -0.15) is 0 Å². The summed E-state index contributed by atoms with van der Waals surface area (Å²) in [5.74, 6) is -0.803. The van der Waals surface area contributed by atoms with E-state index in [4.69, 9.17) is 9.47 Å². The number of para-hydroxylation sites is 1. The van der Waals surface area contributed by atoms with E-state index in [0.717, 1.165) is 6.07 Å². The summed E-state index contributed by atoms with van der Waals surface area (Å²) in [7, 11) is 2.80. The maximum Gasteiger partial charge on any atom is 0.256 e. The van der Waals surface area contributed by atoms with Crippen molar-refractivity contribution in [2.75, 3.05) is 19.5 Å². The molecule has 2 N–H and O–H groups in total. The highest BCUT2D eigenvalue weighted by atomic mass is 19.1. The fourth-order valence-corrected chi connectivity index (χ4v) is 2.53. The van der Waals surface area contributed by atoms with Gasteiger partial charge in [-0.15, -0.1) is 0 Å². The van der Waals surface area contributed by atoms with E-state index in [1.807, 2.05) is 0 Å². The monoisotopic (exact) mass is 342 g/mol. The molecule has 0 atom stereocenters. The largest absolute Gasteiger partial charge is 0.493 e. The van der Waals surface area contributed by atoms with Crippen molar-refractivity contribution in [1.29, 1.82) is 0 Å². The Labute approximate surface area is 142 Å². The molecule has 0 unspecified atom stereocenters. The van der Waals surface area contributed by atoms with Crippen molar-refractivity contribution >= 4 is 22.5 Å². The molecule has 0 saturated heterocycles. The molecule has 7 heteroatoms. The van der Waals surface area contributed by atoms with Crippen molar-refractivity contribution in [2.24, 2.45) is 0 Å². The Kier molecular flexibility index (Phi) is 4.38. The zero-order valence-corrected chi connectivity index (χ0v) is 13.6. The first-order valence-corrected chi connectivity index (χ1v) is 7.38. The molecule has 25 heavy (non-hydrogen) atoms. The van der Waals surface area contributed by atoms with E-state index in [1.165, 1.54) is 26.4 Å². The van der Waals surface area contributed by atoms with Crippen molar-refractivity contribution in [2.45, 2.75) is 0 Å². The van der Waals surface area contributed by atoms with Crippen molar-refractivity contribution in [3.8, 4) is 11.5 Å². The molecule has 0 aliphatic carbocycles. The number of hydrogen-bond acceptors (Lipinski definition) is 4. The fraction of sp³-hybridized carbons (Fsp3) is 0.111. The number of halogens is 1. The van der Waals surface area contributed by atoms with Gasteiger partial charge in [0.25, 0.3) is 5.91 Å². The Morgan fingerprint density at radius 1 is 1.08 bits per heavy atom. The average molecular weight is 342 g/mol. The van der Waals surface area contributed by atoms with E-state index in [-0.39, 0.29) is 22.7 Å². The van der Waals surface area contributed by atoms with Crippen LogP contribution in [0, 0.1) is 5.82 Å². The van der Waals surface area contributed by atoms with Crippen LogP contribution >= 0.6 is 0 Å². The van der Waals surface area contributed by atoms with Gasteiger partial charge in [-0.05, 0) is 6.07 Å². The number of aromatic nitrogens is 1. The van der Waals surface area contributed by atoms with Gasteiger partial charge in [-0.3, -0.25) is 9.59 Å². The SMILES string of the molecule is COc1cc(F)c(NC(=O)c2cc(=O)[nH]c3ccccc23)cc1OC. The molecule has 0 fully saturated rings. The number of rotatable bonds is 4. The minimum Gasteiger partial charge on any atom is -0.493 e. The van der Waals surface area contributed by atoms with Gasteiger partial charge in [-0.25, -0.2) is 4.39 Å². The predicted molar refractivity (Wildman–Crippen MR) is 92.0 cm³/mol. The maximum atomic E-state index is 14.2. The third kappa shape index (κ3) is 3.16. The molecule has 0 radical (unpaired) electrons. The highest BCUT2D eigenvalue weighted by Crippen LogP contribution is 2.32. The highest BCUT2D eigenvalue weighted by molar-refractivity contribution is 6.12. The molecule has 1 aromatic heterocycles. The number of carbonyl (C=O) groups is 1. The maximum absolute atomic E-state index is 14.2. The Hall–Kier alpha value is -3.35. The van der Waals surface area contributed by atoms with Crippen LogP contribution in [0.4, 0.5) is 10.1 Å². The molecule has 3 rings (SSSR count). The number of hydrogen-bond donors (Lipinski definition) is 2. The lowest BCUT2D eigenvalue weighted by Gasteiger charge is -2.12. The highest BCUT2D eigenvalue weighted by Gasteiger charge is 2.16. The Bertz CT molecular complexity index is 1010. The van der Waals surface area contributed by atoms with Crippen molar-refractivity contribution < 1.29 is 18.7 Å². The second-order valence-corrected chi connectivity index (χ2v) is 5.23. The number of benzene rings is 2. The van der Waals surface area contributed by atoms with Gasteiger partial charge < -0.3 is 19.8 Å². The lowest BCUT2D eigenvalue weighted by atomic mass is 10.1. The van der Waals surface area contributed by atoms with Crippen LogP contribution in [0.5, 0.6) is 11.5 Å². The van der Waals surface area contributed by atoms with Crippen LogP contribution in [-0.4, -0.2) is 25.1 Å². The summed E-state index contributed by atoms with van der Waals surface area (Å²) in [6.07, 6.45) is 0. The molecule has 0 bridgehead atoms. The zero-order chi connectivity index (χ0) is 18.0. The number of ether oxygens (including phenoxy) is 2. The molecular weight excluding hydrogens is 327 g/mol. The molecule has 3 aromatic rings. The lowest BCUT2D eigenvalue weighted by molar-refractivity contribution is 0.102. The van der Waals surface area contributed by atoms with E-state index in [9.17, 15) is 14.0 Å². The molecule has 0 aliphatic rings. The molecule has 128 valence electrons.